The number of rotatable bonds is 3. The molecular formula is C13H13ClFNS. The molecule has 90 valence electrons. The monoisotopic (exact) mass is 269 g/mol. The molecule has 0 aliphatic heterocycles. The molecule has 2 aromatic rings. The maximum atomic E-state index is 12.7. The lowest BCUT2D eigenvalue weighted by Crippen LogP contribution is -3.00. The topological polar surface area (TPSA) is 3.88 Å². The second kappa shape index (κ2) is 6.62. The number of hydrogen-bond acceptors (Lipinski definition) is 1. The van der Waals surface area contributed by atoms with Crippen molar-refractivity contribution in [1.82, 2.24) is 0 Å². The van der Waals surface area contributed by atoms with Gasteiger partial charge >= 0.3 is 0 Å². The van der Waals surface area contributed by atoms with Gasteiger partial charge in [0.05, 0.1) is 0 Å². The Morgan fingerprint density at radius 1 is 1.12 bits per heavy atom. The molecule has 1 nitrogen and oxygen atoms in total. The average molecular weight is 270 g/mol. The third-order valence-corrected chi connectivity index (χ3v) is 3.50. The van der Waals surface area contributed by atoms with E-state index >= 15 is 0 Å². The van der Waals surface area contributed by atoms with Gasteiger partial charge in [-0.05, 0) is 23.8 Å². The van der Waals surface area contributed by atoms with Gasteiger partial charge in [-0.2, -0.15) is 4.57 Å². The molecule has 0 saturated heterocycles. The third-order valence-electron chi connectivity index (χ3n) is 2.31. The van der Waals surface area contributed by atoms with Crippen molar-refractivity contribution in [2.24, 2.45) is 7.05 Å². The normalized spacial score (nSPS) is 9.76. The minimum Gasteiger partial charge on any atom is -1.00 e. The standard InChI is InChI=1S/C13H13FNS.ClH/c1-15-9-3-2-4-13(15)16-10-11-5-7-12(14)8-6-11;/h2-9H,10H2,1H3;1H/q+1;/p-1. The second-order valence-electron chi connectivity index (χ2n) is 3.56. The Balaban J connectivity index is 0.00000144. The van der Waals surface area contributed by atoms with Crippen molar-refractivity contribution >= 4 is 11.8 Å². The van der Waals surface area contributed by atoms with Crippen molar-refractivity contribution < 1.29 is 21.4 Å². The van der Waals surface area contributed by atoms with Gasteiger partial charge in [-0.3, -0.25) is 0 Å². The van der Waals surface area contributed by atoms with Crippen molar-refractivity contribution in [2.75, 3.05) is 0 Å². The van der Waals surface area contributed by atoms with E-state index < -0.39 is 0 Å². The molecule has 0 atom stereocenters. The maximum Gasteiger partial charge on any atom is 0.240 e. The molecule has 1 heterocycles. The van der Waals surface area contributed by atoms with E-state index in [1.807, 2.05) is 37.5 Å². The van der Waals surface area contributed by atoms with Crippen molar-refractivity contribution in [3.8, 4) is 0 Å². The molecule has 0 bridgehead atoms. The second-order valence-corrected chi connectivity index (χ2v) is 4.56. The van der Waals surface area contributed by atoms with Crippen molar-refractivity contribution in [2.45, 2.75) is 10.8 Å². The molecule has 0 saturated carbocycles. The van der Waals surface area contributed by atoms with Gasteiger partial charge in [0, 0.05) is 17.9 Å². The number of pyridine rings is 1. The van der Waals surface area contributed by atoms with E-state index in [1.165, 1.54) is 17.2 Å². The molecule has 0 aliphatic rings. The van der Waals surface area contributed by atoms with Gasteiger partial charge in [0.2, 0.25) is 5.03 Å². The van der Waals surface area contributed by atoms with Crippen LogP contribution in [0.3, 0.4) is 0 Å². The fourth-order valence-electron chi connectivity index (χ4n) is 1.40. The summed E-state index contributed by atoms with van der Waals surface area (Å²) in [7, 11) is 2.02. The Kier molecular flexibility index (Phi) is 5.45. The summed E-state index contributed by atoms with van der Waals surface area (Å²) in [6.45, 7) is 0. The molecule has 0 aliphatic carbocycles. The summed E-state index contributed by atoms with van der Waals surface area (Å²) in [4.78, 5) is 0. The highest BCUT2D eigenvalue weighted by Gasteiger charge is 2.05. The van der Waals surface area contributed by atoms with E-state index in [0.717, 1.165) is 11.3 Å². The Labute approximate surface area is 111 Å². The molecule has 17 heavy (non-hydrogen) atoms. The first-order valence-electron chi connectivity index (χ1n) is 5.07. The predicted octanol–water partition coefficient (Wildman–Crippen LogP) is -0.0535. The van der Waals surface area contributed by atoms with Gasteiger partial charge in [0.15, 0.2) is 6.20 Å². The highest BCUT2D eigenvalue weighted by atomic mass is 35.5. The highest BCUT2D eigenvalue weighted by molar-refractivity contribution is 7.98. The molecule has 1 aromatic carbocycles. The molecule has 0 unspecified atom stereocenters. The van der Waals surface area contributed by atoms with E-state index in [2.05, 4.69) is 10.6 Å². The van der Waals surface area contributed by atoms with Gasteiger partial charge < -0.3 is 12.4 Å². The van der Waals surface area contributed by atoms with Gasteiger partial charge in [0.25, 0.3) is 0 Å². The van der Waals surface area contributed by atoms with Crippen LogP contribution in [0.5, 0.6) is 0 Å². The Bertz CT molecular complexity index is 473. The van der Waals surface area contributed by atoms with E-state index in [1.54, 1.807) is 11.8 Å². The zero-order chi connectivity index (χ0) is 11.4. The first kappa shape index (κ1) is 14.0. The fourth-order valence-corrected chi connectivity index (χ4v) is 2.34. The van der Waals surface area contributed by atoms with E-state index in [-0.39, 0.29) is 18.2 Å². The fraction of sp³-hybridized carbons (Fsp3) is 0.154. The van der Waals surface area contributed by atoms with E-state index in [0.29, 0.717) is 0 Å². The summed E-state index contributed by atoms with van der Waals surface area (Å²) in [6, 6.07) is 12.8. The molecule has 0 spiro atoms. The molecule has 0 N–H and O–H groups in total. The van der Waals surface area contributed by atoms with Crippen molar-refractivity contribution in [3.05, 3.63) is 60.0 Å². The highest BCUT2D eigenvalue weighted by Crippen LogP contribution is 2.19. The largest absolute Gasteiger partial charge is 1.00 e. The Hall–Kier alpha value is -1.06. The maximum absolute atomic E-state index is 12.7. The summed E-state index contributed by atoms with van der Waals surface area (Å²) in [6.07, 6.45) is 2.02. The summed E-state index contributed by atoms with van der Waals surface area (Å²) in [5.41, 5.74) is 1.13. The number of aromatic nitrogens is 1. The van der Waals surface area contributed by atoms with Crippen LogP contribution in [0.15, 0.2) is 53.7 Å². The number of hydrogen-bond donors (Lipinski definition) is 0. The molecule has 0 fully saturated rings. The van der Waals surface area contributed by atoms with E-state index in [4.69, 9.17) is 0 Å². The molecule has 1 aromatic heterocycles. The van der Waals surface area contributed by atoms with Crippen LogP contribution in [0, 0.1) is 5.82 Å². The van der Waals surface area contributed by atoms with Crippen LogP contribution >= 0.6 is 11.8 Å². The molecular weight excluding hydrogens is 257 g/mol. The SMILES string of the molecule is C[n+]1ccccc1SCc1ccc(F)cc1.[Cl-]. The minimum absolute atomic E-state index is 0. The number of aryl methyl sites for hydroxylation is 1. The van der Waals surface area contributed by atoms with Crippen LogP contribution in [0.1, 0.15) is 5.56 Å². The molecule has 0 radical (unpaired) electrons. The van der Waals surface area contributed by atoms with Crippen LogP contribution in [-0.4, -0.2) is 0 Å². The predicted molar refractivity (Wildman–Crippen MR) is 63.6 cm³/mol. The summed E-state index contributed by atoms with van der Waals surface area (Å²) in [5.74, 6) is 0.678. The molecule has 2 rings (SSSR count). The number of thioether (sulfide) groups is 1. The average Bonchev–Trinajstić information content (AvgIpc) is 2.30. The molecule has 4 heteroatoms. The van der Waals surface area contributed by atoms with Crippen LogP contribution in [0.4, 0.5) is 4.39 Å². The number of halogens is 2. The summed E-state index contributed by atoms with van der Waals surface area (Å²) in [5, 5.41) is 1.20. The zero-order valence-electron chi connectivity index (χ0n) is 9.44. The number of nitrogens with zero attached hydrogens (tertiary/aromatic N) is 1. The van der Waals surface area contributed by atoms with Crippen LogP contribution in [0.2, 0.25) is 0 Å². The first-order chi connectivity index (χ1) is 7.75. The van der Waals surface area contributed by atoms with Crippen molar-refractivity contribution in [3.63, 3.8) is 0 Å². The number of benzene rings is 1. The quantitative estimate of drug-likeness (QED) is 0.558. The first-order valence-corrected chi connectivity index (χ1v) is 6.06. The Morgan fingerprint density at radius 2 is 1.82 bits per heavy atom. The smallest absolute Gasteiger partial charge is 0.240 e. The van der Waals surface area contributed by atoms with Crippen LogP contribution in [0.25, 0.3) is 0 Å². The lowest BCUT2D eigenvalue weighted by molar-refractivity contribution is -0.708. The summed E-state index contributed by atoms with van der Waals surface area (Å²) < 4.78 is 14.8. The minimum atomic E-state index is -0.181. The molecule has 0 amide bonds. The summed E-state index contributed by atoms with van der Waals surface area (Å²) >= 11 is 1.75. The van der Waals surface area contributed by atoms with Crippen LogP contribution < -0.4 is 17.0 Å². The third kappa shape index (κ3) is 4.02. The van der Waals surface area contributed by atoms with Crippen LogP contribution in [-0.2, 0) is 12.8 Å². The van der Waals surface area contributed by atoms with Gasteiger partial charge in [-0.1, -0.05) is 23.9 Å². The van der Waals surface area contributed by atoms with Gasteiger partial charge in [-0.25, -0.2) is 4.39 Å². The van der Waals surface area contributed by atoms with Crippen molar-refractivity contribution in [1.29, 1.82) is 0 Å². The lowest BCUT2D eigenvalue weighted by Gasteiger charge is -2.00. The van der Waals surface area contributed by atoms with Gasteiger partial charge in [-0.15, -0.1) is 0 Å². The zero-order valence-corrected chi connectivity index (χ0v) is 11.0. The van der Waals surface area contributed by atoms with Gasteiger partial charge in [0.1, 0.15) is 12.9 Å². The lowest BCUT2D eigenvalue weighted by atomic mass is 10.2. The Morgan fingerprint density at radius 3 is 2.47 bits per heavy atom. The van der Waals surface area contributed by atoms with E-state index in [9.17, 15) is 4.39 Å².